The molecule has 37 heavy (non-hydrogen) atoms. The normalized spacial score (nSPS) is 15.2. The number of halogens is 4. The Kier molecular flexibility index (Phi) is 12.8. The van der Waals surface area contributed by atoms with E-state index in [-0.39, 0.29) is 15.4 Å². The standard InChI is InChI=1S/C12H14Cl2FNO4S.C10H14FNO3S/c1-21(19,20)8-4-2-7(3-5-8)10(17)9(6-15)16-12(18)11(13)14;1-16(14,15)8-4-2-7(3-5-8)10(13)9(12)6-11/h2-5,9-11,17H,6H2,1H3,(H,16,18);2-5,9-10,13H,6,12H2,1H3/t2*9-,10-/m11/s1. The highest BCUT2D eigenvalue weighted by molar-refractivity contribution is 7.91. The average molecular weight is 606 g/mol. The van der Waals surface area contributed by atoms with Crippen LogP contribution in [0.1, 0.15) is 23.3 Å². The van der Waals surface area contributed by atoms with Crippen LogP contribution in [-0.4, -0.2) is 75.7 Å². The summed E-state index contributed by atoms with van der Waals surface area (Å²) in [6.07, 6.45) is -0.353. The molecule has 0 aliphatic rings. The molecule has 0 aromatic heterocycles. The van der Waals surface area contributed by atoms with E-state index < -0.39 is 68.1 Å². The number of rotatable bonds is 10. The lowest BCUT2D eigenvalue weighted by Crippen LogP contribution is -2.43. The highest BCUT2D eigenvalue weighted by atomic mass is 35.5. The van der Waals surface area contributed by atoms with Crippen molar-refractivity contribution in [3.05, 3.63) is 59.7 Å². The summed E-state index contributed by atoms with van der Waals surface area (Å²) in [6, 6.07) is 8.60. The summed E-state index contributed by atoms with van der Waals surface area (Å²) in [5.41, 5.74) is 5.99. The number of benzene rings is 2. The predicted octanol–water partition coefficient (Wildman–Crippen LogP) is 1.80. The van der Waals surface area contributed by atoms with Crippen molar-refractivity contribution in [3.63, 3.8) is 0 Å². The average Bonchev–Trinajstić information content (AvgIpc) is 2.85. The third-order valence-electron chi connectivity index (χ3n) is 4.96. The molecule has 4 atom stereocenters. The summed E-state index contributed by atoms with van der Waals surface area (Å²) in [4.78, 5) is 10.1. The quantitative estimate of drug-likeness (QED) is 0.298. The van der Waals surface area contributed by atoms with Gasteiger partial charge in [0.05, 0.1) is 28.0 Å². The number of carbonyl (C=O) groups is 1. The molecule has 9 nitrogen and oxygen atoms in total. The molecule has 0 saturated heterocycles. The first kappa shape index (κ1) is 33.2. The lowest BCUT2D eigenvalue weighted by molar-refractivity contribution is -0.121. The maximum Gasteiger partial charge on any atom is 0.253 e. The summed E-state index contributed by atoms with van der Waals surface area (Å²) in [5.74, 6) is -0.826. The molecule has 2 aromatic rings. The fourth-order valence-electron chi connectivity index (χ4n) is 2.84. The molecule has 0 spiro atoms. The van der Waals surface area contributed by atoms with Crippen LogP contribution in [0.2, 0.25) is 0 Å². The Morgan fingerprint density at radius 1 is 0.838 bits per heavy atom. The number of hydrogen-bond donors (Lipinski definition) is 4. The predicted molar refractivity (Wildman–Crippen MR) is 136 cm³/mol. The number of nitrogens with two attached hydrogens (primary N) is 1. The minimum atomic E-state index is -3.36. The number of aliphatic hydroxyl groups is 2. The second-order valence-corrected chi connectivity index (χ2v) is 13.1. The molecule has 0 heterocycles. The van der Waals surface area contributed by atoms with E-state index in [0.29, 0.717) is 5.56 Å². The summed E-state index contributed by atoms with van der Waals surface area (Å²) in [7, 11) is -6.62. The number of hydrogen-bond acceptors (Lipinski definition) is 8. The topological polar surface area (TPSA) is 164 Å². The smallest absolute Gasteiger partial charge is 0.253 e. The Morgan fingerprint density at radius 2 is 1.22 bits per heavy atom. The van der Waals surface area contributed by atoms with Crippen LogP contribution in [0.5, 0.6) is 0 Å². The fourth-order valence-corrected chi connectivity index (χ4v) is 4.22. The number of alkyl halides is 4. The van der Waals surface area contributed by atoms with Gasteiger partial charge in [0.25, 0.3) is 5.91 Å². The first-order chi connectivity index (χ1) is 17.0. The highest BCUT2D eigenvalue weighted by Gasteiger charge is 2.25. The molecule has 208 valence electrons. The third-order valence-corrected chi connectivity index (χ3v) is 7.61. The highest BCUT2D eigenvalue weighted by Crippen LogP contribution is 2.21. The minimum Gasteiger partial charge on any atom is -0.387 e. The zero-order chi connectivity index (χ0) is 28.6. The van der Waals surface area contributed by atoms with E-state index >= 15 is 0 Å². The van der Waals surface area contributed by atoms with Crippen LogP contribution in [0.4, 0.5) is 8.78 Å². The number of amides is 1. The first-order valence-corrected chi connectivity index (χ1v) is 15.1. The second kappa shape index (κ2) is 14.3. The van der Waals surface area contributed by atoms with E-state index in [1.54, 1.807) is 0 Å². The van der Waals surface area contributed by atoms with Crippen molar-refractivity contribution >= 4 is 48.8 Å². The van der Waals surface area contributed by atoms with Crippen LogP contribution < -0.4 is 11.1 Å². The van der Waals surface area contributed by atoms with Gasteiger partial charge in [0.1, 0.15) is 19.5 Å². The van der Waals surface area contributed by atoms with Gasteiger partial charge in [-0.15, -0.1) is 0 Å². The summed E-state index contributed by atoms with van der Waals surface area (Å²) < 4.78 is 70.1. The Labute approximate surface area is 224 Å². The van der Waals surface area contributed by atoms with Crippen LogP contribution in [-0.2, 0) is 24.5 Å². The van der Waals surface area contributed by atoms with E-state index in [4.69, 9.17) is 28.9 Å². The molecule has 0 aliphatic carbocycles. The van der Waals surface area contributed by atoms with Crippen LogP contribution in [0.25, 0.3) is 0 Å². The molecule has 2 aromatic carbocycles. The molecule has 1 amide bonds. The Balaban J connectivity index is 0.000000384. The van der Waals surface area contributed by atoms with Gasteiger partial charge in [0.15, 0.2) is 24.5 Å². The molecule has 2 rings (SSSR count). The summed E-state index contributed by atoms with van der Waals surface area (Å²) in [5, 5.41) is 21.7. The van der Waals surface area contributed by atoms with Crippen molar-refractivity contribution < 1.29 is 40.6 Å². The molecule has 0 bridgehead atoms. The molecule has 0 saturated carbocycles. The maximum absolute atomic E-state index is 12.9. The molecular weight excluding hydrogens is 577 g/mol. The molecular formula is C22H28Cl2F2N2O7S2. The Morgan fingerprint density at radius 3 is 1.51 bits per heavy atom. The maximum atomic E-state index is 12.9. The fraction of sp³-hybridized carbons (Fsp3) is 0.409. The Bertz CT molecular complexity index is 1230. The summed E-state index contributed by atoms with van der Waals surface area (Å²) in [6.45, 7) is -1.88. The van der Waals surface area contributed by atoms with Crippen molar-refractivity contribution in [3.8, 4) is 0 Å². The number of sulfone groups is 2. The van der Waals surface area contributed by atoms with Crippen LogP contribution in [0.3, 0.4) is 0 Å². The van der Waals surface area contributed by atoms with Gasteiger partial charge < -0.3 is 21.3 Å². The monoisotopic (exact) mass is 604 g/mol. The van der Waals surface area contributed by atoms with Crippen molar-refractivity contribution in [2.24, 2.45) is 5.73 Å². The van der Waals surface area contributed by atoms with Gasteiger partial charge in [0.2, 0.25) is 0 Å². The van der Waals surface area contributed by atoms with E-state index in [0.717, 1.165) is 12.5 Å². The summed E-state index contributed by atoms with van der Waals surface area (Å²) >= 11 is 10.7. The minimum absolute atomic E-state index is 0.0702. The van der Waals surface area contributed by atoms with E-state index in [1.165, 1.54) is 48.5 Å². The van der Waals surface area contributed by atoms with Gasteiger partial charge in [-0.3, -0.25) is 4.79 Å². The van der Waals surface area contributed by atoms with Gasteiger partial charge in [-0.25, -0.2) is 25.6 Å². The third kappa shape index (κ3) is 10.4. The molecule has 0 unspecified atom stereocenters. The Hall–Kier alpha value is -1.87. The van der Waals surface area contributed by atoms with Gasteiger partial charge >= 0.3 is 0 Å². The van der Waals surface area contributed by atoms with Gasteiger partial charge in [-0.2, -0.15) is 0 Å². The molecule has 15 heteroatoms. The van der Waals surface area contributed by atoms with E-state index in [1.807, 2.05) is 0 Å². The van der Waals surface area contributed by atoms with Crippen LogP contribution >= 0.6 is 23.2 Å². The van der Waals surface area contributed by atoms with Crippen molar-refractivity contribution in [1.29, 1.82) is 0 Å². The van der Waals surface area contributed by atoms with E-state index in [2.05, 4.69) is 5.32 Å². The van der Waals surface area contributed by atoms with Crippen LogP contribution in [0.15, 0.2) is 58.3 Å². The largest absolute Gasteiger partial charge is 0.387 e. The molecule has 0 fully saturated rings. The van der Waals surface area contributed by atoms with Gasteiger partial charge in [0, 0.05) is 12.5 Å². The zero-order valence-electron chi connectivity index (χ0n) is 19.8. The van der Waals surface area contributed by atoms with Gasteiger partial charge in [-0.05, 0) is 35.4 Å². The first-order valence-electron chi connectivity index (χ1n) is 10.4. The molecule has 0 aliphatic heterocycles. The lowest BCUT2D eigenvalue weighted by atomic mass is 10.0. The SMILES string of the molecule is CS(=O)(=O)c1ccc([C@@H](O)[C@@H](CF)NC(=O)C(Cl)Cl)cc1.CS(=O)(=O)c1ccc([C@@H](O)[C@H](N)CF)cc1. The van der Waals surface area contributed by atoms with Crippen molar-refractivity contribution in [1.82, 2.24) is 5.32 Å². The number of aliphatic hydroxyl groups excluding tert-OH is 2. The molecule has 0 radical (unpaired) electrons. The lowest BCUT2D eigenvalue weighted by Gasteiger charge is -2.22. The van der Waals surface area contributed by atoms with Crippen molar-refractivity contribution in [2.75, 3.05) is 25.9 Å². The van der Waals surface area contributed by atoms with Gasteiger partial charge in [-0.1, -0.05) is 47.5 Å². The number of carbonyl (C=O) groups excluding carboxylic acids is 1. The molecule has 5 N–H and O–H groups in total. The second-order valence-electron chi connectivity index (χ2n) is 7.96. The number of nitrogens with one attached hydrogen (secondary N) is 1. The zero-order valence-corrected chi connectivity index (χ0v) is 22.9. The van der Waals surface area contributed by atoms with Crippen LogP contribution in [0, 0.1) is 0 Å². The van der Waals surface area contributed by atoms with Crippen molar-refractivity contribution in [2.45, 2.75) is 38.9 Å². The van der Waals surface area contributed by atoms with E-state index in [9.17, 15) is 40.6 Å².